The Balaban J connectivity index is 1.52. The van der Waals surface area contributed by atoms with Gasteiger partial charge in [0.1, 0.15) is 5.75 Å². The molecule has 0 radical (unpaired) electrons. The van der Waals surface area contributed by atoms with Crippen molar-refractivity contribution in [2.45, 2.75) is 25.2 Å². The van der Waals surface area contributed by atoms with Crippen molar-refractivity contribution in [2.24, 2.45) is 5.92 Å². The number of ether oxygens (including phenoxy) is 1. The fourth-order valence-electron chi connectivity index (χ4n) is 3.73. The van der Waals surface area contributed by atoms with E-state index >= 15 is 0 Å². The maximum atomic E-state index is 12.6. The Kier molecular flexibility index (Phi) is 3.82. The predicted octanol–water partition coefficient (Wildman–Crippen LogP) is 2.29. The first kappa shape index (κ1) is 16.2. The molecule has 0 saturated carbocycles. The number of piperidine rings is 3. The summed E-state index contributed by atoms with van der Waals surface area (Å²) in [5, 5.41) is 10.1. The van der Waals surface area contributed by atoms with Gasteiger partial charge in [-0.2, -0.15) is 5.10 Å². The van der Waals surface area contributed by atoms with Gasteiger partial charge in [0.05, 0.1) is 5.52 Å². The number of alkyl halides is 3. The molecule has 1 aromatic carbocycles. The molecule has 4 heterocycles. The van der Waals surface area contributed by atoms with Crippen molar-refractivity contribution in [3.05, 3.63) is 23.9 Å². The molecule has 1 amide bonds. The van der Waals surface area contributed by atoms with Crippen LogP contribution in [0.5, 0.6) is 5.75 Å². The number of aromatic nitrogens is 2. The van der Waals surface area contributed by atoms with Crippen LogP contribution in [-0.2, 0) is 0 Å². The van der Waals surface area contributed by atoms with Crippen LogP contribution in [-0.4, -0.2) is 53.0 Å². The van der Waals surface area contributed by atoms with Crippen LogP contribution in [0.25, 0.3) is 10.9 Å². The number of nitrogens with one attached hydrogen (secondary N) is 2. The topological polar surface area (TPSA) is 70.2 Å². The van der Waals surface area contributed by atoms with E-state index < -0.39 is 6.36 Å². The minimum Gasteiger partial charge on any atom is -0.406 e. The highest BCUT2D eigenvalue weighted by Crippen LogP contribution is 2.29. The zero-order valence-electron chi connectivity index (χ0n) is 13.3. The average Bonchev–Trinajstić information content (AvgIpc) is 2.97. The molecule has 3 aliphatic rings. The maximum absolute atomic E-state index is 12.6. The van der Waals surface area contributed by atoms with Gasteiger partial charge in [0, 0.05) is 24.0 Å². The predicted molar refractivity (Wildman–Crippen MR) is 83.2 cm³/mol. The molecule has 9 heteroatoms. The highest BCUT2D eigenvalue weighted by Gasteiger charge is 2.35. The Morgan fingerprint density at radius 1 is 1.32 bits per heavy atom. The van der Waals surface area contributed by atoms with Gasteiger partial charge in [-0.3, -0.25) is 9.89 Å². The van der Waals surface area contributed by atoms with Crippen molar-refractivity contribution in [2.75, 3.05) is 19.6 Å². The van der Waals surface area contributed by atoms with Crippen LogP contribution in [0.3, 0.4) is 0 Å². The number of fused-ring (bicyclic) bond motifs is 4. The molecular weight excluding hydrogens is 337 g/mol. The molecule has 134 valence electrons. The molecule has 2 N–H and O–H groups in total. The van der Waals surface area contributed by atoms with Gasteiger partial charge in [-0.25, -0.2) is 0 Å². The molecule has 0 unspecified atom stereocenters. The second kappa shape index (κ2) is 5.91. The van der Waals surface area contributed by atoms with E-state index in [1.807, 2.05) is 0 Å². The quantitative estimate of drug-likeness (QED) is 0.887. The Hall–Kier alpha value is -2.29. The van der Waals surface area contributed by atoms with Crippen molar-refractivity contribution in [1.82, 2.24) is 20.4 Å². The van der Waals surface area contributed by atoms with Crippen LogP contribution in [0.2, 0.25) is 0 Å². The smallest absolute Gasteiger partial charge is 0.406 e. The number of carbonyl (C=O) groups is 1. The molecule has 2 bridgehead atoms. The second-order valence-electron chi connectivity index (χ2n) is 6.55. The van der Waals surface area contributed by atoms with E-state index in [4.69, 9.17) is 0 Å². The van der Waals surface area contributed by atoms with Gasteiger partial charge >= 0.3 is 6.36 Å². The molecule has 3 saturated heterocycles. The van der Waals surface area contributed by atoms with Crippen molar-refractivity contribution < 1.29 is 22.7 Å². The first-order chi connectivity index (χ1) is 11.9. The number of hydrogen-bond donors (Lipinski definition) is 2. The lowest BCUT2D eigenvalue weighted by molar-refractivity contribution is -0.274. The number of halogens is 3. The summed E-state index contributed by atoms with van der Waals surface area (Å²) >= 11 is 0. The number of amides is 1. The van der Waals surface area contributed by atoms with Crippen LogP contribution in [0, 0.1) is 5.92 Å². The van der Waals surface area contributed by atoms with Crippen LogP contribution < -0.4 is 10.1 Å². The molecule has 0 aliphatic carbocycles. The number of aromatic amines is 1. The largest absolute Gasteiger partial charge is 0.573 e. The Bertz CT molecular complexity index is 796. The van der Waals surface area contributed by atoms with E-state index in [1.54, 1.807) is 0 Å². The maximum Gasteiger partial charge on any atom is 0.573 e. The SMILES string of the molecule is O=C(N[C@@H]1CN2CCC1CC2)c1n[nH]c2cc(OC(F)(F)F)ccc12. The minimum atomic E-state index is -4.76. The van der Waals surface area contributed by atoms with Crippen LogP contribution in [0.4, 0.5) is 13.2 Å². The molecule has 25 heavy (non-hydrogen) atoms. The van der Waals surface area contributed by atoms with Gasteiger partial charge < -0.3 is 15.0 Å². The van der Waals surface area contributed by atoms with E-state index in [0.717, 1.165) is 32.5 Å². The summed E-state index contributed by atoms with van der Waals surface area (Å²) in [7, 11) is 0. The highest BCUT2D eigenvalue weighted by molar-refractivity contribution is 6.05. The Morgan fingerprint density at radius 3 is 2.72 bits per heavy atom. The number of nitrogens with zero attached hydrogens (tertiary/aromatic N) is 2. The fraction of sp³-hybridized carbons (Fsp3) is 0.500. The third-order valence-corrected chi connectivity index (χ3v) is 4.96. The lowest BCUT2D eigenvalue weighted by Crippen LogP contribution is -2.57. The summed E-state index contributed by atoms with van der Waals surface area (Å²) in [5.41, 5.74) is 0.505. The summed E-state index contributed by atoms with van der Waals surface area (Å²) in [4.78, 5) is 14.9. The Morgan fingerprint density at radius 2 is 2.08 bits per heavy atom. The monoisotopic (exact) mass is 354 g/mol. The first-order valence-electron chi connectivity index (χ1n) is 8.16. The third-order valence-electron chi connectivity index (χ3n) is 4.96. The molecule has 3 fully saturated rings. The summed E-state index contributed by atoms with van der Waals surface area (Å²) in [6.45, 7) is 2.98. The second-order valence-corrected chi connectivity index (χ2v) is 6.55. The minimum absolute atomic E-state index is 0.0922. The number of rotatable bonds is 3. The van der Waals surface area contributed by atoms with Crippen molar-refractivity contribution in [3.8, 4) is 5.75 Å². The zero-order chi connectivity index (χ0) is 17.6. The Labute approximate surface area is 141 Å². The van der Waals surface area contributed by atoms with E-state index in [1.165, 1.54) is 18.2 Å². The zero-order valence-corrected chi connectivity index (χ0v) is 13.3. The number of carbonyl (C=O) groups excluding carboxylic acids is 1. The summed E-state index contributed by atoms with van der Waals surface area (Å²) < 4.78 is 40.8. The van der Waals surface area contributed by atoms with Gasteiger partial charge in [0.25, 0.3) is 5.91 Å². The van der Waals surface area contributed by atoms with Gasteiger partial charge in [-0.1, -0.05) is 0 Å². The normalized spacial score (nSPS) is 26.0. The van der Waals surface area contributed by atoms with Crippen molar-refractivity contribution in [3.63, 3.8) is 0 Å². The van der Waals surface area contributed by atoms with Crippen LogP contribution in [0.1, 0.15) is 23.3 Å². The lowest BCUT2D eigenvalue weighted by Gasteiger charge is -2.44. The van der Waals surface area contributed by atoms with Crippen LogP contribution >= 0.6 is 0 Å². The molecule has 5 rings (SSSR count). The number of hydrogen-bond acceptors (Lipinski definition) is 4. The number of benzene rings is 1. The van der Waals surface area contributed by atoms with Crippen molar-refractivity contribution >= 4 is 16.8 Å². The highest BCUT2D eigenvalue weighted by atomic mass is 19.4. The van der Waals surface area contributed by atoms with Gasteiger partial charge in [0.15, 0.2) is 5.69 Å². The molecule has 1 atom stereocenters. The lowest BCUT2D eigenvalue weighted by atomic mass is 9.84. The third kappa shape index (κ3) is 3.28. The summed E-state index contributed by atoms with van der Waals surface area (Å²) in [6, 6.07) is 3.86. The average molecular weight is 354 g/mol. The van der Waals surface area contributed by atoms with Gasteiger partial charge in [-0.05, 0) is 44.0 Å². The van der Waals surface area contributed by atoms with E-state index in [0.29, 0.717) is 16.8 Å². The molecule has 0 spiro atoms. The molecule has 6 nitrogen and oxygen atoms in total. The van der Waals surface area contributed by atoms with E-state index in [-0.39, 0.29) is 23.4 Å². The summed E-state index contributed by atoms with van der Waals surface area (Å²) in [5.74, 6) is -0.187. The van der Waals surface area contributed by atoms with E-state index in [9.17, 15) is 18.0 Å². The van der Waals surface area contributed by atoms with Crippen molar-refractivity contribution in [1.29, 1.82) is 0 Å². The summed E-state index contributed by atoms with van der Waals surface area (Å²) in [6.07, 6.45) is -2.61. The standard InChI is InChI=1S/C16H17F3N4O2/c17-16(18,19)25-10-1-2-11-12(7-10)21-22-14(11)15(24)20-13-8-23-5-3-9(13)4-6-23/h1-2,7,9,13H,3-6,8H2,(H,20,24)(H,21,22)/t13-/m1/s1. The van der Waals surface area contributed by atoms with Gasteiger partial charge in [-0.15, -0.1) is 13.2 Å². The van der Waals surface area contributed by atoms with Gasteiger partial charge in [0.2, 0.25) is 0 Å². The first-order valence-corrected chi connectivity index (χ1v) is 8.16. The van der Waals surface area contributed by atoms with E-state index in [2.05, 4.69) is 25.2 Å². The molecule has 2 aromatic rings. The fourth-order valence-corrected chi connectivity index (χ4v) is 3.73. The molecular formula is C16H17F3N4O2. The van der Waals surface area contributed by atoms with Crippen LogP contribution in [0.15, 0.2) is 18.2 Å². The number of H-pyrrole nitrogens is 1. The molecule has 3 aliphatic heterocycles. The molecule has 1 aromatic heterocycles.